The lowest BCUT2D eigenvalue weighted by atomic mass is 9.68. The number of ketones is 1. The second-order valence-corrected chi connectivity index (χ2v) is 8.26. The van der Waals surface area contributed by atoms with Crippen molar-refractivity contribution in [2.45, 2.75) is 105 Å². The fourth-order valence-electron chi connectivity index (χ4n) is 3.70. The molecular formula is C20H38O. The van der Waals surface area contributed by atoms with Gasteiger partial charge in [0.25, 0.3) is 0 Å². The highest BCUT2D eigenvalue weighted by Crippen LogP contribution is 2.40. The van der Waals surface area contributed by atoms with Crippen molar-refractivity contribution in [3.05, 3.63) is 0 Å². The van der Waals surface area contributed by atoms with Gasteiger partial charge in [-0.2, -0.15) is 0 Å². The van der Waals surface area contributed by atoms with Crippen molar-refractivity contribution in [3.8, 4) is 0 Å². The van der Waals surface area contributed by atoms with E-state index in [2.05, 4.69) is 27.7 Å². The molecule has 0 bridgehead atoms. The van der Waals surface area contributed by atoms with Gasteiger partial charge in [-0.25, -0.2) is 0 Å². The molecule has 0 aromatic carbocycles. The summed E-state index contributed by atoms with van der Waals surface area (Å²) in [6.45, 7) is 9.27. The van der Waals surface area contributed by atoms with E-state index in [1.165, 1.54) is 51.4 Å². The van der Waals surface area contributed by atoms with Gasteiger partial charge in [0.1, 0.15) is 5.78 Å². The van der Waals surface area contributed by atoms with E-state index in [-0.39, 0.29) is 0 Å². The predicted molar refractivity (Wildman–Crippen MR) is 92.5 cm³/mol. The molecule has 2 atom stereocenters. The molecule has 0 saturated heterocycles. The predicted octanol–water partition coefficient (Wildman–Crippen LogP) is 6.55. The van der Waals surface area contributed by atoms with Crippen LogP contribution in [0.4, 0.5) is 0 Å². The maximum Gasteiger partial charge on any atom is 0.135 e. The first-order valence-electron chi connectivity index (χ1n) is 9.48. The minimum atomic E-state index is 0.373. The smallest absolute Gasteiger partial charge is 0.135 e. The summed E-state index contributed by atoms with van der Waals surface area (Å²) in [5.74, 6) is 1.68. The Hall–Kier alpha value is -0.330. The summed E-state index contributed by atoms with van der Waals surface area (Å²) >= 11 is 0. The molecule has 1 aliphatic carbocycles. The van der Waals surface area contributed by atoms with Gasteiger partial charge < -0.3 is 0 Å². The van der Waals surface area contributed by atoms with Crippen LogP contribution in [0.1, 0.15) is 105 Å². The fourth-order valence-corrected chi connectivity index (χ4v) is 3.70. The van der Waals surface area contributed by atoms with Gasteiger partial charge in [-0.05, 0) is 30.6 Å². The molecule has 0 N–H and O–H groups in total. The SMILES string of the molecule is CCCCCCCCCCC1CC(C(C)(C)C)CCC1=O. The zero-order chi connectivity index (χ0) is 15.7. The number of rotatable bonds is 9. The van der Waals surface area contributed by atoms with Gasteiger partial charge in [0.05, 0.1) is 0 Å². The third-order valence-corrected chi connectivity index (χ3v) is 5.39. The summed E-state index contributed by atoms with van der Waals surface area (Å²) in [5.41, 5.74) is 0.373. The molecule has 0 aromatic rings. The van der Waals surface area contributed by atoms with Crippen molar-refractivity contribution in [2.24, 2.45) is 17.3 Å². The van der Waals surface area contributed by atoms with E-state index < -0.39 is 0 Å². The van der Waals surface area contributed by atoms with E-state index in [1.807, 2.05) is 0 Å². The zero-order valence-electron chi connectivity index (χ0n) is 15.0. The van der Waals surface area contributed by atoms with Crippen molar-refractivity contribution in [1.29, 1.82) is 0 Å². The van der Waals surface area contributed by atoms with E-state index in [1.54, 1.807) is 0 Å². The quantitative estimate of drug-likeness (QED) is 0.441. The minimum Gasteiger partial charge on any atom is -0.299 e. The molecule has 2 unspecified atom stereocenters. The molecule has 0 radical (unpaired) electrons. The van der Waals surface area contributed by atoms with E-state index >= 15 is 0 Å². The minimum absolute atomic E-state index is 0.373. The summed E-state index contributed by atoms with van der Waals surface area (Å²) in [6.07, 6.45) is 15.2. The average Bonchev–Trinajstić information content (AvgIpc) is 2.42. The van der Waals surface area contributed by atoms with Gasteiger partial charge in [0, 0.05) is 12.3 Å². The standard InChI is InChI=1S/C20H38O/c1-5-6-7-8-9-10-11-12-13-17-16-18(20(2,3)4)14-15-19(17)21/h17-18H,5-16H2,1-4H3. The average molecular weight is 295 g/mol. The van der Waals surface area contributed by atoms with Crippen LogP contribution in [0, 0.1) is 17.3 Å². The molecule has 0 amide bonds. The first kappa shape index (κ1) is 18.7. The Bertz CT molecular complexity index is 287. The number of unbranched alkanes of at least 4 members (excludes halogenated alkanes) is 7. The summed E-state index contributed by atoms with van der Waals surface area (Å²) in [7, 11) is 0. The van der Waals surface area contributed by atoms with Crippen LogP contribution in [0.2, 0.25) is 0 Å². The second-order valence-electron chi connectivity index (χ2n) is 8.26. The van der Waals surface area contributed by atoms with Gasteiger partial charge in [-0.15, -0.1) is 0 Å². The Morgan fingerprint density at radius 1 is 0.952 bits per heavy atom. The van der Waals surface area contributed by atoms with Crippen LogP contribution in [-0.4, -0.2) is 5.78 Å². The Morgan fingerprint density at radius 3 is 2.10 bits per heavy atom. The van der Waals surface area contributed by atoms with Crippen LogP contribution in [0.15, 0.2) is 0 Å². The highest BCUT2D eigenvalue weighted by molar-refractivity contribution is 5.81. The lowest BCUT2D eigenvalue weighted by Gasteiger charge is -2.37. The number of hydrogen-bond donors (Lipinski definition) is 0. The molecule has 124 valence electrons. The molecule has 21 heavy (non-hydrogen) atoms. The van der Waals surface area contributed by atoms with Crippen molar-refractivity contribution in [2.75, 3.05) is 0 Å². The molecule has 0 heterocycles. The zero-order valence-corrected chi connectivity index (χ0v) is 15.0. The highest BCUT2D eigenvalue weighted by atomic mass is 16.1. The van der Waals surface area contributed by atoms with E-state index in [0.717, 1.165) is 31.6 Å². The fraction of sp³-hybridized carbons (Fsp3) is 0.950. The highest BCUT2D eigenvalue weighted by Gasteiger charge is 2.34. The maximum absolute atomic E-state index is 12.1. The van der Waals surface area contributed by atoms with E-state index in [4.69, 9.17) is 0 Å². The van der Waals surface area contributed by atoms with E-state index in [9.17, 15) is 4.79 Å². The molecule has 1 rings (SSSR count). The molecule has 0 spiro atoms. The maximum atomic E-state index is 12.1. The third-order valence-electron chi connectivity index (χ3n) is 5.39. The topological polar surface area (TPSA) is 17.1 Å². The van der Waals surface area contributed by atoms with Gasteiger partial charge in [0.15, 0.2) is 0 Å². The van der Waals surface area contributed by atoms with Gasteiger partial charge in [-0.1, -0.05) is 79.1 Å². The molecular weight excluding hydrogens is 256 g/mol. The van der Waals surface area contributed by atoms with Gasteiger partial charge >= 0.3 is 0 Å². The number of carbonyl (C=O) groups is 1. The lowest BCUT2D eigenvalue weighted by molar-refractivity contribution is -0.126. The van der Waals surface area contributed by atoms with Crippen LogP contribution < -0.4 is 0 Å². The van der Waals surface area contributed by atoms with Crippen LogP contribution in [0.3, 0.4) is 0 Å². The molecule has 1 saturated carbocycles. The summed E-state index contributed by atoms with van der Waals surface area (Å²) < 4.78 is 0. The summed E-state index contributed by atoms with van der Waals surface area (Å²) in [4.78, 5) is 12.1. The number of carbonyl (C=O) groups excluding carboxylic acids is 1. The van der Waals surface area contributed by atoms with Crippen molar-refractivity contribution in [3.63, 3.8) is 0 Å². The Kier molecular flexibility index (Phi) is 8.59. The molecule has 1 heteroatoms. The third kappa shape index (κ3) is 7.47. The Labute approximate surface area is 133 Å². The molecule has 1 nitrogen and oxygen atoms in total. The van der Waals surface area contributed by atoms with Crippen LogP contribution in [0.25, 0.3) is 0 Å². The largest absolute Gasteiger partial charge is 0.299 e. The first-order valence-corrected chi connectivity index (χ1v) is 9.48. The van der Waals surface area contributed by atoms with E-state index in [0.29, 0.717) is 17.1 Å². The first-order chi connectivity index (χ1) is 9.95. The number of Topliss-reactive ketones (excluding diaryl/α,β-unsaturated/α-hetero) is 1. The van der Waals surface area contributed by atoms with Crippen LogP contribution in [0.5, 0.6) is 0 Å². The number of hydrogen-bond acceptors (Lipinski definition) is 1. The lowest BCUT2D eigenvalue weighted by Crippen LogP contribution is -2.32. The van der Waals surface area contributed by atoms with Gasteiger partial charge in [-0.3, -0.25) is 4.79 Å². The van der Waals surface area contributed by atoms with Crippen LogP contribution >= 0.6 is 0 Å². The van der Waals surface area contributed by atoms with Crippen molar-refractivity contribution < 1.29 is 4.79 Å². The monoisotopic (exact) mass is 294 g/mol. The van der Waals surface area contributed by atoms with Gasteiger partial charge in [0.2, 0.25) is 0 Å². The van der Waals surface area contributed by atoms with Crippen molar-refractivity contribution in [1.82, 2.24) is 0 Å². The molecule has 0 aliphatic heterocycles. The summed E-state index contributed by atoms with van der Waals surface area (Å²) in [6, 6.07) is 0. The molecule has 0 aromatic heterocycles. The second kappa shape index (κ2) is 9.64. The summed E-state index contributed by atoms with van der Waals surface area (Å²) in [5, 5.41) is 0. The Balaban J connectivity index is 2.14. The molecule has 1 aliphatic rings. The molecule has 1 fully saturated rings. The van der Waals surface area contributed by atoms with Crippen LogP contribution in [-0.2, 0) is 4.79 Å². The van der Waals surface area contributed by atoms with Crippen molar-refractivity contribution >= 4 is 5.78 Å². The normalized spacial score (nSPS) is 23.5. The Morgan fingerprint density at radius 2 is 1.52 bits per heavy atom.